The zero-order valence-corrected chi connectivity index (χ0v) is 25.4. The number of fused-ring (bicyclic) bond motifs is 3. The summed E-state index contributed by atoms with van der Waals surface area (Å²) in [6.45, 7) is -0.812. The lowest BCUT2D eigenvalue weighted by molar-refractivity contribution is -0.286. The highest BCUT2D eigenvalue weighted by molar-refractivity contribution is 6.00. The van der Waals surface area contributed by atoms with E-state index in [-0.39, 0.29) is 33.5 Å². The summed E-state index contributed by atoms with van der Waals surface area (Å²) in [6.07, 6.45) is -13.9. The van der Waals surface area contributed by atoms with E-state index in [0.717, 1.165) is 43.5 Å². The fourth-order valence-electron chi connectivity index (χ4n) is 5.40. The van der Waals surface area contributed by atoms with Crippen LogP contribution >= 0.6 is 0 Å². The average molecular weight is 715 g/mol. The highest BCUT2D eigenvalue weighted by Gasteiger charge is 2.58. The molecule has 2 aromatic carbocycles. The van der Waals surface area contributed by atoms with Crippen LogP contribution in [0.15, 0.2) is 48.7 Å². The number of halogens is 8. The van der Waals surface area contributed by atoms with Crippen LogP contribution in [-0.2, 0) is 22.0 Å². The van der Waals surface area contributed by atoms with Gasteiger partial charge in [0.1, 0.15) is 34.7 Å². The van der Waals surface area contributed by atoms with Gasteiger partial charge in [0.05, 0.1) is 24.9 Å². The van der Waals surface area contributed by atoms with E-state index in [9.17, 15) is 49.8 Å². The molecule has 0 aliphatic carbocycles. The molecule has 0 spiro atoms. The summed E-state index contributed by atoms with van der Waals surface area (Å²) in [5.74, 6) is -3.63. The number of rotatable bonds is 7. The van der Waals surface area contributed by atoms with Crippen LogP contribution in [0, 0.1) is 0 Å². The van der Waals surface area contributed by atoms with Gasteiger partial charge >= 0.3 is 18.6 Å². The van der Waals surface area contributed by atoms with E-state index < -0.39 is 88.6 Å². The number of alkyl halides is 8. The van der Waals surface area contributed by atoms with Gasteiger partial charge in [0, 0.05) is 28.3 Å². The summed E-state index contributed by atoms with van der Waals surface area (Å²) >= 11 is 0. The Kier molecular flexibility index (Phi) is 7.77. The minimum Gasteiger partial charge on any atom is -0.494 e. The molecule has 0 fully saturated rings. The first-order valence-corrected chi connectivity index (χ1v) is 14.2. The number of primary amides is 1. The van der Waals surface area contributed by atoms with Crippen molar-refractivity contribution in [2.75, 3.05) is 20.3 Å². The maximum Gasteiger partial charge on any atom is 0.586 e. The number of hydrogen-bond acceptors (Lipinski definition) is 9. The number of carbonyl (C=O) groups is 2. The van der Waals surface area contributed by atoms with Gasteiger partial charge in [0.25, 0.3) is 5.91 Å². The highest BCUT2D eigenvalue weighted by atomic mass is 19.4. The molecule has 0 bridgehead atoms. The van der Waals surface area contributed by atoms with Crippen LogP contribution < -0.4 is 30.0 Å². The van der Waals surface area contributed by atoms with Crippen LogP contribution in [0.25, 0.3) is 22.2 Å². The number of benzene rings is 2. The minimum atomic E-state index is -5.58. The normalized spacial score (nSPS) is 19.0. The Bertz CT molecular complexity index is 2070. The van der Waals surface area contributed by atoms with Crippen molar-refractivity contribution >= 4 is 22.7 Å². The van der Waals surface area contributed by atoms with Gasteiger partial charge in [0.15, 0.2) is 11.5 Å². The molecule has 264 valence electrons. The molecule has 2 atom stereocenters. The Balaban J connectivity index is 1.42. The van der Waals surface area contributed by atoms with E-state index in [2.05, 4.69) is 19.4 Å². The zero-order chi connectivity index (χ0) is 36.6. The predicted octanol–water partition coefficient (Wildman–Crippen LogP) is 4.96. The minimum absolute atomic E-state index is 0.0781. The average Bonchev–Trinajstić information content (AvgIpc) is 3.55. The summed E-state index contributed by atoms with van der Waals surface area (Å²) in [5, 5.41) is 13.0. The van der Waals surface area contributed by atoms with Crippen molar-refractivity contribution in [2.24, 2.45) is 5.73 Å². The van der Waals surface area contributed by atoms with Gasteiger partial charge in [-0.05, 0) is 49.4 Å². The summed E-state index contributed by atoms with van der Waals surface area (Å²) < 4.78 is 131. The number of methoxy groups -OCH3 is 1. The first-order chi connectivity index (χ1) is 23.2. The number of aliphatic hydroxyl groups is 1. The molecule has 4 N–H and O–H groups in total. The smallest absolute Gasteiger partial charge is 0.494 e. The fraction of sp³-hybridized carbons (Fsp3) is 0.290. The number of nitrogens with two attached hydrogens (primary N) is 1. The van der Waals surface area contributed by atoms with Crippen molar-refractivity contribution in [3.8, 4) is 34.3 Å². The SMILES string of the molecule is COc1cc(C(=O)NC[C@](O)(c2cc3c(c(-c4ccc5c(c4)OC(F)(F)O5)n2)OC[C@]3(C)C(N)=O)C(F)(F)F)cc2cc(C(F)(F)F)cnc12. The molecule has 2 aliphatic rings. The zero-order valence-electron chi connectivity index (χ0n) is 25.4. The van der Waals surface area contributed by atoms with Crippen molar-refractivity contribution in [3.05, 3.63) is 71.0 Å². The van der Waals surface area contributed by atoms with Crippen molar-refractivity contribution in [2.45, 2.75) is 36.6 Å². The van der Waals surface area contributed by atoms with Gasteiger partial charge in [-0.1, -0.05) is 0 Å². The number of nitrogens with zero attached hydrogens (tertiary/aromatic N) is 2. The fourth-order valence-corrected chi connectivity index (χ4v) is 5.40. The lowest BCUT2D eigenvalue weighted by atomic mass is 9.81. The number of nitrogens with one attached hydrogen (secondary N) is 1. The maximum atomic E-state index is 14.8. The number of hydrogen-bond donors (Lipinski definition) is 3. The molecule has 0 saturated heterocycles. The first-order valence-electron chi connectivity index (χ1n) is 14.2. The van der Waals surface area contributed by atoms with Gasteiger partial charge in [-0.2, -0.15) is 26.3 Å². The maximum absolute atomic E-state index is 14.8. The molecule has 6 rings (SSSR count). The Morgan fingerprint density at radius 2 is 1.74 bits per heavy atom. The van der Waals surface area contributed by atoms with Gasteiger partial charge < -0.3 is 35.1 Å². The van der Waals surface area contributed by atoms with Gasteiger partial charge in [-0.15, -0.1) is 8.78 Å². The van der Waals surface area contributed by atoms with Gasteiger partial charge in [0.2, 0.25) is 11.5 Å². The molecule has 19 heteroatoms. The Morgan fingerprint density at radius 3 is 2.38 bits per heavy atom. The lowest BCUT2D eigenvalue weighted by Gasteiger charge is -2.31. The van der Waals surface area contributed by atoms with E-state index in [4.69, 9.17) is 15.2 Å². The molecule has 0 saturated carbocycles. The van der Waals surface area contributed by atoms with Gasteiger partial charge in [-0.25, -0.2) is 4.98 Å². The predicted molar refractivity (Wildman–Crippen MR) is 153 cm³/mol. The molecule has 2 aliphatic heterocycles. The standard InChI is InChI=1S/C31H22F8N4O7/c1-27(26(40)45)12-48-24-17(27)9-21(43-23(24)13-3-4-18-19(7-13)50-31(38,39)49-18)28(46,30(35,36)37)11-42-25(44)15-5-14-6-16(29(32,33)34)10-41-22(14)20(8-15)47-2/h3-10,46H,11-12H2,1-2H3,(H2,40,45)(H,42,44)/t27-,28-/m0/s1. The third kappa shape index (κ3) is 5.69. The molecule has 2 amide bonds. The quantitative estimate of drug-likeness (QED) is 0.225. The van der Waals surface area contributed by atoms with E-state index >= 15 is 0 Å². The molecular formula is C31H22F8N4O7. The van der Waals surface area contributed by atoms with Crippen molar-refractivity contribution in [1.29, 1.82) is 0 Å². The second kappa shape index (κ2) is 11.3. The van der Waals surface area contributed by atoms with E-state index in [0.29, 0.717) is 12.3 Å². The third-order valence-electron chi connectivity index (χ3n) is 8.25. The largest absolute Gasteiger partial charge is 0.586 e. The summed E-state index contributed by atoms with van der Waals surface area (Å²) in [5.41, 5.74) is -3.88. The Labute approximate surface area is 274 Å². The monoisotopic (exact) mass is 714 g/mol. The van der Waals surface area contributed by atoms with Crippen LogP contribution in [0.3, 0.4) is 0 Å². The van der Waals surface area contributed by atoms with Crippen molar-refractivity contribution < 1.29 is 68.8 Å². The number of amides is 2. The lowest BCUT2D eigenvalue weighted by Crippen LogP contribution is -2.51. The van der Waals surface area contributed by atoms with E-state index in [1.165, 1.54) is 6.92 Å². The topological polar surface area (TPSA) is 155 Å². The molecular weight excluding hydrogens is 692 g/mol. The molecule has 4 aromatic rings. The number of pyridine rings is 2. The third-order valence-corrected chi connectivity index (χ3v) is 8.25. The van der Waals surface area contributed by atoms with Crippen molar-refractivity contribution in [1.82, 2.24) is 15.3 Å². The number of ether oxygens (including phenoxy) is 4. The highest BCUT2D eigenvalue weighted by Crippen LogP contribution is 2.50. The molecule has 4 heterocycles. The number of carbonyl (C=O) groups excluding carboxylic acids is 2. The van der Waals surface area contributed by atoms with Gasteiger partial charge in [-0.3, -0.25) is 14.6 Å². The second-order valence-corrected chi connectivity index (χ2v) is 11.6. The summed E-state index contributed by atoms with van der Waals surface area (Å²) in [7, 11) is 1.13. The molecule has 0 radical (unpaired) electrons. The second-order valence-electron chi connectivity index (χ2n) is 11.6. The number of aromatic nitrogens is 2. The van der Waals surface area contributed by atoms with E-state index in [1.54, 1.807) is 0 Å². The summed E-state index contributed by atoms with van der Waals surface area (Å²) in [4.78, 5) is 33.4. The molecule has 2 aromatic heterocycles. The Hall–Kier alpha value is -5.46. The van der Waals surface area contributed by atoms with Crippen LogP contribution in [0.4, 0.5) is 35.1 Å². The van der Waals surface area contributed by atoms with Crippen molar-refractivity contribution in [3.63, 3.8) is 0 Å². The Morgan fingerprint density at radius 1 is 1.04 bits per heavy atom. The first kappa shape index (κ1) is 34.4. The molecule has 50 heavy (non-hydrogen) atoms. The van der Waals surface area contributed by atoms with Crippen LogP contribution in [0.1, 0.15) is 34.1 Å². The van der Waals surface area contributed by atoms with Crippen LogP contribution in [0.2, 0.25) is 0 Å². The van der Waals surface area contributed by atoms with E-state index in [1.807, 2.05) is 5.32 Å². The molecule has 0 unspecified atom stereocenters. The van der Waals surface area contributed by atoms with Crippen LogP contribution in [-0.4, -0.2) is 59.6 Å². The summed E-state index contributed by atoms with van der Waals surface area (Å²) in [6, 6.07) is 6.48. The van der Waals surface area contributed by atoms with Crippen LogP contribution in [0.5, 0.6) is 23.0 Å². The molecule has 11 nitrogen and oxygen atoms in total.